The van der Waals surface area contributed by atoms with E-state index in [4.69, 9.17) is 21.4 Å². The van der Waals surface area contributed by atoms with Gasteiger partial charge in [0, 0.05) is 29.9 Å². The number of hydrogen-bond donors (Lipinski definition) is 6. The van der Waals surface area contributed by atoms with Gasteiger partial charge in [-0.3, -0.25) is 4.79 Å². The number of carboxylic acid groups (broad SMARTS) is 1. The molecule has 2 rings (SSSR count). The molecular formula is C36H45ClO9. The highest BCUT2D eigenvalue weighted by Gasteiger charge is 2.35. The molecule has 1 fully saturated rings. The third-order valence-electron chi connectivity index (χ3n) is 7.51. The number of aliphatic carboxylic acids is 1. The van der Waals surface area contributed by atoms with Crippen LogP contribution in [-0.4, -0.2) is 79.2 Å². The van der Waals surface area contributed by atoms with Crippen LogP contribution in [0.3, 0.4) is 0 Å². The summed E-state index contributed by atoms with van der Waals surface area (Å²) in [4.78, 5) is 23.2. The van der Waals surface area contributed by atoms with E-state index in [-0.39, 0.29) is 24.3 Å². The Balaban J connectivity index is 1.79. The molecule has 0 saturated heterocycles. The Labute approximate surface area is 275 Å². The summed E-state index contributed by atoms with van der Waals surface area (Å²) in [6.07, 6.45) is 12.9. The van der Waals surface area contributed by atoms with Crippen LogP contribution in [0.5, 0.6) is 0 Å². The van der Waals surface area contributed by atoms with E-state index >= 15 is 0 Å². The van der Waals surface area contributed by atoms with E-state index in [1.165, 1.54) is 18.2 Å². The number of benzene rings is 1. The lowest BCUT2D eigenvalue weighted by atomic mass is 9.85. The number of rotatable bonds is 16. The zero-order valence-corrected chi connectivity index (χ0v) is 26.8. The van der Waals surface area contributed by atoms with Crippen LogP contribution in [0.4, 0.5) is 0 Å². The molecule has 1 aliphatic carbocycles. The fourth-order valence-corrected chi connectivity index (χ4v) is 4.83. The summed E-state index contributed by atoms with van der Waals surface area (Å²) in [7, 11) is 0. The van der Waals surface area contributed by atoms with Gasteiger partial charge in [0.05, 0.1) is 30.3 Å². The monoisotopic (exact) mass is 656 g/mol. The van der Waals surface area contributed by atoms with E-state index in [2.05, 4.69) is 0 Å². The van der Waals surface area contributed by atoms with Gasteiger partial charge in [-0.15, -0.1) is 0 Å². The van der Waals surface area contributed by atoms with Crippen LogP contribution >= 0.6 is 11.6 Å². The van der Waals surface area contributed by atoms with Crippen LogP contribution < -0.4 is 0 Å². The number of aliphatic hydroxyl groups excluding tert-OH is 5. The van der Waals surface area contributed by atoms with Crippen LogP contribution in [0.2, 0.25) is 0 Å². The molecule has 10 heteroatoms. The van der Waals surface area contributed by atoms with Gasteiger partial charge in [-0.05, 0) is 31.4 Å². The predicted octanol–water partition coefficient (Wildman–Crippen LogP) is 4.62. The molecule has 0 radical (unpaired) electrons. The number of ether oxygens (including phenoxy) is 1. The second kappa shape index (κ2) is 20.5. The molecule has 0 spiro atoms. The van der Waals surface area contributed by atoms with E-state index in [1.807, 2.05) is 43.3 Å². The quantitative estimate of drug-likeness (QED) is 0.0846. The average molecular weight is 657 g/mol. The molecule has 1 saturated carbocycles. The van der Waals surface area contributed by atoms with E-state index in [9.17, 15) is 35.1 Å². The second-order valence-corrected chi connectivity index (χ2v) is 11.7. The fourth-order valence-electron chi connectivity index (χ4n) is 4.63. The molecule has 1 aromatic rings. The van der Waals surface area contributed by atoms with Crippen LogP contribution in [-0.2, 0) is 14.3 Å². The maximum absolute atomic E-state index is 12.1. The first-order valence-corrected chi connectivity index (χ1v) is 15.6. The Hall–Kier alpha value is -3.57. The molecule has 0 amide bonds. The molecular weight excluding hydrogens is 612 g/mol. The van der Waals surface area contributed by atoms with Crippen molar-refractivity contribution in [2.24, 2.45) is 11.8 Å². The van der Waals surface area contributed by atoms with Gasteiger partial charge in [0.2, 0.25) is 0 Å². The first kappa shape index (κ1) is 38.6. The van der Waals surface area contributed by atoms with Crippen LogP contribution in [0.15, 0.2) is 108 Å². The molecule has 0 bridgehead atoms. The van der Waals surface area contributed by atoms with Crippen molar-refractivity contribution >= 4 is 29.6 Å². The van der Waals surface area contributed by atoms with Gasteiger partial charge < -0.3 is 35.4 Å². The van der Waals surface area contributed by atoms with E-state index in [1.54, 1.807) is 55.5 Å². The molecule has 46 heavy (non-hydrogen) atoms. The van der Waals surface area contributed by atoms with Crippen molar-refractivity contribution in [3.8, 4) is 0 Å². The number of allylic oxidation sites excluding steroid dienone is 10. The predicted molar refractivity (Wildman–Crippen MR) is 178 cm³/mol. The maximum atomic E-state index is 12.1. The first-order chi connectivity index (χ1) is 21.9. The Morgan fingerprint density at radius 1 is 0.935 bits per heavy atom. The van der Waals surface area contributed by atoms with Crippen LogP contribution in [0, 0.1) is 11.8 Å². The smallest absolute Gasteiger partial charge is 0.331 e. The molecule has 1 aromatic carbocycles. The van der Waals surface area contributed by atoms with Crippen molar-refractivity contribution in [1.29, 1.82) is 0 Å². The minimum Gasteiger partial charge on any atom is -0.481 e. The van der Waals surface area contributed by atoms with Crippen molar-refractivity contribution in [2.75, 3.05) is 0 Å². The fraction of sp³-hybridized carbons (Fsp3) is 0.389. The molecule has 250 valence electrons. The van der Waals surface area contributed by atoms with E-state index < -0.39 is 60.4 Å². The Morgan fingerprint density at radius 2 is 1.61 bits per heavy atom. The van der Waals surface area contributed by atoms with Gasteiger partial charge in [0.25, 0.3) is 0 Å². The minimum absolute atomic E-state index is 0.0785. The summed E-state index contributed by atoms with van der Waals surface area (Å²) >= 11 is 6.32. The molecule has 8 unspecified atom stereocenters. The standard InChI is InChI=1S/C36H45ClO9/c1-24(13-7-11-19-33(41)46-32-22-27(36(44)45)20-21-30(32)39)12-6-10-18-29(37)25(2)34(42)35(43)31(40)23-28(38)17-9-8-16-26-14-4-3-5-15-26/h3-19,25,27-28,30-32,34-35,38-40,42-43H,20-23H2,1-2H3,(H,44,45)/b10-6+,13-7+,16-8+,17-9+,19-11+,24-12+,29-18-. The molecule has 6 N–H and O–H groups in total. The summed E-state index contributed by atoms with van der Waals surface area (Å²) in [6.45, 7) is 3.44. The topological polar surface area (TPSA) is 165 Å². The number of aliphatic hydroxyl groups is 5. The number of carboxylic acids is 1. The van der Waals surface area contributed by atoms with Crippen molar-refractivity contribution in [1.82, 2.24) is 0 Å². The number of hydrogen-bond acceptors (Lipinski definition) is 8. The number of halogens is 1. The highest BCUT2D eigenvalue weighted by Crippen LogP contribution is 2.27. The van der Waals surface area contributed by atoms with E-state index in [0.29, 0.717) is 6.42 Å². The lowest BCUT2D eigenvalue weighted by Crippen LogP contribution is -2.42. The first-order valence-electron chi connectivity index (χ1n) is 15.2. The van der Waals surface area contributed by atoms with Crippen molar-refractivity contribution < 1.29 is 45.0 Å². The van der Waals surface area contributed by atoms with Crippen LogP contribution in [0.25, 0.3) is 6.08 Å². The van der Waals surface area contributed by atoms with Gasteiger partial charge in [-0.25, -0.2) is 4.79 Å². The average Bonchev–Trinajstić information content (AvgIpc) is 3.03. The molecule has 1 aliphatic rings. The summed E-state index contributed by atoms with van der Waals surface area (Å²) in [6, 6.07) is 9.62. The molecule has 0 aliphatic heterocycles. The van der Waals surface area contributed by atoms with Gasteiger partial charge in [0.15, 0.2) is 0 Å². The maximum Gasteiger partial charge on any atom is 0.331 e. The third kappa shape index (κ3) is 14.2. The summed E-state index contributed by atoms with van der Waals surface area (Å²) in [5.41, 5.74) is 1.83. The Morgan fingerprint density at radius 3 is 2.30 bits per heavy atom. The highest BCUT2D eigenvalue weighted by molar-refractivity contribution is 6.30. The van der Waals surface area contributed by atoms with Gasteiger partial charge in [0.1, 0.15) is 12.2 Å². The van der Waals surface area contributed by atoms with Crippen molar-refractivity contribution in [3.63, 3.8) is 0 Å². The second-order valence-electron chi connectivity index (χ2n) is 11.3. The zero-order chi connectivity index (χ0) is 34.1. The SMILES string of the molecule is CC(/C=C/C=C/C(=O)OC1CC(C(=O)O)CCC1O)=C\C=C\C=C(/Cl)C(C)C(O)C(O)C(O)CC(O)/C=C/C=C/c1ccccc1. The number of carbonyl (C=O) groups is 2. The van der Waals surface area contributed by atoms with E-state index in [0.717, 1.165) is 11.1 Å². The summed E-state index contributed by atoms with van der Waals surface area (Å²) in [5, 5.41) is 61.0. The lowest BCUT2D eigenvalue weighted by molar-refractivity contribution is -0.159. The number of esters is 1. The molecule has 9 nitrogen and oxygen atoms in total. The van der Waals surface area contributed by atoms with Crippen molar-refractivity contribution in [2.45, 2.75) is 76.2 Å². The molecule has 0 heterocycles. The molecule has 8 atom stereocenters. The Bertz CT molecular complexity index is 1310. The van der Waals surface area contributed by atoms with Gasteiger partial charge in [-0.1, -0.05) is 115 Å². The lowest BCUT2D eigenvalue weighted by Gasteiger charge is -2.30. The summed E-state index contributed by atoms with van der Waals surface area (Å²) in [5.74, 6) is -2.98. The summed E-state index contributed by atoms with van der Waals surface area (Å²) < 4.78 is 5.22. The normalized spacial score (nSPS) is 23.3. The van der Waals surface area contributed by atoms with Gasteiger partial charge in [-0.2, -0.15) is 0 Å². The van der Waals surface area contributed by atoms with Crippen LogP contribution in [0.1, 0.15) is 45.1 Å². The third-order valence-corrected chi connectivity index (χ3v) is 7.98. The molecule has 0 aromatic heterocycles. The largest absolute Gasteiger partial charge is 0.481 e. The Kier molecular flexibility index (Phi) is 17.2. The highest BCUT2D eigenvalue weighted by atomic mass is 35.5. The number of carbonyl (C=O) groups excluding carboxylic acids is 1. The minimum atomic E-state index is -1.53. The van der Waals surface area contributed by atoms with Crippen molar-refractivity contribution in [3.05, 3.63) is 113 Å². The zero-order valence-electron chi connectivity index (χ0n) is 26.0. The van der Waals surface area contributed by atoms with Gasteiger partial charge >= 0.3 is 11.9 Å².